The van der Waals surface area contributed by atoms with Gasteiger partial charge >= 0.3 is 6.03 Å². The summed E-state index contributed by atoms with van der Waals surface area (Å²) in [5.41, 5.74) is 5.33. The molecule has 6 heteroatoms. The molecule has 0 aliphatic carbocycles. The number of nitrogens with zero attached hydrogens (tertiary/aromatic N) is 2. The number of nitrogens with one attached hydrogen (secondary N) is 1. The first-order chi connectivity index (χ1) is 6.65. The highest BCUT2D eigenvalue weighted by Crippen LogP contribution is 2.07. The van der Waals surface area contributed by atoms with E-state index in [9.17, 15) is 4.79 Å². The van der Waals surface area contributed by atoms with E-state index < -0.39 is 6.04 Å². The van der Waals surface area contributed by atoms with E-state index in [2.05, 4.69) is 10.5 Å². The third-order valence-electron chi connectivity index (χ3n) is 2.29. The molecule has 0 aromatic carbocycles. The number of amides is 2. The van der Waals surface area contributed by atoms with Crippen LogP contribution in [0.25, 0.3) is 0 Å². The number of rotatable bonds is 2. The minimum atomic E-state index is -0.437. The van der Waals surface area contributed by atoms with E-state index in [1.165, 1.54) is 0 Å². The molecule has 14 heavy (non-hydrogen) atoms. The number of hydrogen-bond acceptors (Lipinski definition) is 3. The standard InChI is InChI=1S/C8H16N4O2/c1-6(7(9)11-14)10-8(13)12-4-2-3-5-12/h6,14H,2-5H2,1H3,(H2,9,11)(H,10,13). The maximum Gasteiger partial charge on any atom is 0.317 e. The number of hydrogen-bond donors (Lipinski definition) is 3. The number of oxime groups is 1. The van der Waals surface area contributed by atoms with E-state index in [1.807, 2.05) is 0 Å². The van der Waals surface area contributed by atoms with E-state index >= 15 is 0 Å². The lowest BCUT2D eigenvalue weighted by Gasteiger charge is -2.19. The van der Waals surface area contributed by atoms with Gasteiger partial charge in [-0.15, -0.1) is 0 Å². The third-order valence-corrected chi connectivity index (χ3v) is 2.29. The fraction of sp³-hybridized carbons (Fsp3) is 0.750. The summed E-state index contributed by atoms with van der Waals surface area (Å²) < 4.78 is 0. The van der Waals surface area contributed by atoms with Crippen molar-refractivity contribution in [2.24, 2.45) is 10.9 Å². The maximum absolute atomic E-state index is 11.5. The zero-order chi connectivity index (χ0) is 10.6. The lowest BCUT2D eigenvalue weighted by molar-refractivity contribution is 0.207. The van der Waals surface area contributed by atoms with Crippen LogP contribution in [0.15, 0.2) is 5.16 Å². The van der Waals surface area contributed by atoms with Crippen molar-refractivity contribution < 1.29 is 10.0 Å². The normalized spacial score (nSPS) is 19.5. The lowest BCUT2D eigenvalue weighted by atomic mass is 10.3. The van der Waals surface area contributed by atoms with Crippen LogP contribution in [0.5, 0.6) is 0 Å². The van der Waals surface area contributed by atoms with Crippen LogP contribution in [0.3, 0.4) is 0 Å². The fourth-order valence-electron chi connectivity index (χ4n) is 1.36. The fourth-order valence-corrected chi connectivity index (χ4v) is 1.36. The van der Waals surface area contributed by atoms with Crippen LogP contribution in [0.4, 0.5) is 4.79 Å². The molecular weight excluding hydrogens is 184 g/mol. The molecular formula is C8H16N4O2. The maximum atomic E-state index is 11.5. The van der Waals surface area contributed by atoms with Gasteiger partial charge in [0.2, 0.25) is 0 Å². The Morgan fingerprint density at radius 3 is 2.64 bits per heavy atom. The van der Waals surface area contributed by atoms with Crippen molar-refractivity contribution in [2.75, 3.05) is 13.1 Å². The zero-order valence-corrected chi connectivity index (χ0v) is 8.23. The van der Waals surface area contributed by atoms with Crippen LogP contribution >= 0.6 is 0 Å². The number of urea groups is 1. The predicted octanol–water partition coefficient (Wildman–Crippen LogP) is -0.0733. The molecule has 1 unspecified atom stereocenters. The zero-order valence-electron chi connectivity index (χ0n) is 8.23. The van der Waals surface area contributed by atoms with Gasteiger partial charge < -0.3 is 21.2 Å². The molecule has 1 heterocycles. The smallest absolute Gasteiger partial charge is 0.317 e. The molecule has 6 nitrogen and oxygen atoms in total. The second-order valence-electron chi connectivity index (χ2n) is 3.39. The highest BCUT2D eigenvalue weighted by atomic mass is 16.4. The SMILES string of the molecule is CC(NC(=O)N1CCCC1)/C(N)=N/O. The summed E-state index contributed by atoms with van der Waals surface area (Å²) in [6, 6.07) is -0.588. The molecule has 4 N–H and O–H groups in total. The van der Waals surface area contributed by atoms with Crippen LogP contribution in [0.1, 0.15) is 19.8 Å². The summed E-state index contributed by atoms with van der Waals surface area (Å²) in [7, 11) is 0. The van der Waals surface area contributed by atoms with E-state index in [0.717, 1.165) is 25.9 Å². The first kappa shape index (κ1) is 10.6. The summed E-state index contributed by atoms with van der Waals surface area (Å²) in [4.78, 5) is 13.2. The van der Waals surface area contributed by atoms with Gasteiger partial charge in [-0.25, -0.2) is 4.79 Å². The molecule has 1 rings (SSSR count). The lowest BCUT2D eigenvalue weighted by Crippen LogP contribution is -2.47. The molecule has 1 fully saturated rings. The van der Waals surface area contributed by atoms with Crippen LogP contribution in [-0.4, -0.2) is 41.1 Å². The van der Waals surface area contributed by atoms with Gasteiger partial charge in [-0.2, -0.15) is 0 Å². The Balaban J connectivity index is 2.39. The predicted molar refractivity (Wildman–Crippen MR) is 52.2 cm³/mol. The summed E-state index contributed by atoms with van der Waals surface area (Å²) in [5.74, 6) is 0.0116. The molecule has 1 aliphatic rings. The van der Waals surface area contributed by atoms with Gasteiger partial charge in [-0.05, 0) is 19.8 Å². The van der Waals surface area contributed by atoms with Gasteiger partial charge in [0.15, 0.2) is 5.84 Å². The second kappa shape index (κ2) is 4.69. The van der Waals surface area contributed by atoms with Gasteiger partial charge in [0.1, 0.15) is 0 Å². The van der Waals surface area contributed by atoms with Gasteiger partial charge in [-0.3, -0.25) is 0 Å². The first-order valence-electron chi connectivity index (χ1n) is 4.68. The molecule has 1 aliphatic heterocycles. The van der Waals surface area contributed by atoms with Crippen molar-refractivity contribution in [2.45, 2.75) is 25.8 Å². The number of nitrogens with two attached hydrogens (primary N) is 1. The second-order valence-corrected chi connectivity index (χ2v) is 3.39. The highest BCUT2D eigenvalue weighted by molar-refractivity contribution is 5.89. The van der Waals surface area contributed by atoms with Crippen molar-refractivity contribution in [3.63, 3.8) is 0 Å². The molecule has 0 radical (unpaired) electrons. The average molecular weight is 200 g/mol. The van der Waals surface area contributed by atoms with Crippen molar-refractivity contribution >= 4 is 11.9 Å². The number of carbonyl (C=O) groups excluding carboxylic acids is 1. The van der Waals surface area contributed by atoms with Crippen LogP contribution in [0, 0.1) is 0 Å². The summed E-state index contributed by atoms with van der Waals surface area (Å²) in [6.07, 6.45) is 2.09. The van der Waals surface area contributed by atoms with Gasteiger partial charge in [0.05, 0.1) is 6.04 Å². The Kier molecular flexibility index (Phi) is 3.55. The van der Waals surface area contributed by atoms with Gasteiger partial charge in [0.25, 0.3) is 0 Å². The Hall–Kier alpha value is -1.46. The van der Waals surface area contributed by atoms with E-state index in [0.29, 0.717) is 0 Å². The number of likely N-dealkylation sites (tertiary alicyclic amines) is 1. The molecule has 1 saturated heterocycles. The topological polar surface area (TPSA) is 91.0 Å². The molecule has 1 atom stereocenters. The molecule has 0 spiro atoms. The molecule has 0 saturated carbocycles. The minimum absolute atomic E-state index is 0.0116. The number of amidine groups is 1. The van der Waals surface area contributed by atoms with E-state index in [1.54, 1.807) is 11.8 Å². The highest BCUT2D eigenvalue weighted by Gasteiger charge is 2.20. The largest absolute Gasteiger partial charge is 0.409 e. The van der Waals surface area contributed by atoms with Crippen molar-refractivity contribution in [1.82, 2.24) is 10.2 Å². The van der Waals surface area contributed by atoms with Crippen molar-refractivity contribution in [3.05, 3.63) is 0 Å². The molecule has 0 aromatic rings. The monoisotopic (exact) mass is 200 g/mol. The van der Waals surface area contributed by atoms with Crippen LogP contribution < -0.4 is 11.1 Å². The van der Waals surface area contributed by atoms with Gasteiger partial charge in [-0.1, -0.05) is 5.16 Å². The van der Waals surface area contributed by atoms with Gasteiger partial charge in [0, 0.05) is 13.1 Å². The average Bonchev–Trinajstić information content (AvgIpc) is 2.69. The van der Waals surface area contributed by atoms with Crippen molar-refractivity contribution in [3.8, 4) is 0 Å². The van der Waals surface area contributed by atoms with Crippen LogP contribution in [0.2, 0.25) is 0 Å². The minimum Gasteiger partial charge on any atom is -0.409 e. The first-order valence-corrected chi connectivity index (χ1v) is 4.68. The Labute approximate surface area is 82.7 Å². The summed E-state index contributed by atoms with van der Waals surface area (Å²) in [5, 5.41) is 13.9. The summed E-state index contributed by atoms with van der Waals surface area (Å²) in [6.45, 7) is 3.24. The Bertz CT molecular complexity index is 235. The van der Waals surface area contributed by atoms with E-state index in [4.69, 9.17) is 10.9 Å². The third kappa shape index (κ3) is 2.51. The molecule has 2 amide bonds. The molecule has 0 bridgehead atoms. The quantitative estimate of drug-likeness (QED) is 0.252. The Morgan fingerprint density at radius 1 is 1.57 bits per heavy atom. The molecule has 80 valence electrons. The van der Waals surface area contributed by atoms with Crippen LogP contribution in [-0.2, 0) is 0 Å². The van der Waals surface area contributed by atoms with E-state index in [-0.39, 0.29) is 11.9 Å². The number of carbonyl (C=O) groups is 1. The van der Waals surface area contributed by atoms with Crippen molar-refractivity contribution in [1.29, 1.82) is 0 Å². The molecule has 0 aromatic heterocycles. The Morgan fingerprint density at radius 2 is 2.14 bits per heavy atom. The summed E-state index contributed by atoms with van der Waals surface area (Å²) >= 11 is 0.